The number of nitrogens with zero attached hydrogens (tertiary/aromatic N) is 1. The molecule has 0 aromatic carbocycles. The van der Waals surface area contributed by atoms with Gasteiger partial charge in [0.2, 0.25) is 0 Å². The Kier molecular flexibility index (Phi) is 4.01. The van der Waals surface area contributed by atoms with Crippen molar-refractivity contribution in [3.8, 4) is 0 Å². The fourth-order valence-corrected chi connectivity index (χ4v) is 1.76. The summed E-state index contributed by atoms with van der Waals surface area (Å²) in [5.41, 5.74) is 0. The lowest BCUT2D eigenvalue weighted by atomic mass is 10.2. The number of carbonyl (C=O) groups excluding carboxylic acids is 1. The third-order valence-electron chi connectivity index (χ3n) is 3.04. The molecule has 5 nitrogen and oxygen atoms in total. The number of nitrogens with one attached hydrogen (secondary N) is 2. The van der Waals surface area contributed by atoms with Crippen LogP contribution in [0.4, 0.5) is 4.79 Å². The first kappa shape index (κ1) is 11.7. The van der Waals surface area contributed by atoms with Gasteiger partial charge < -0.3 is 20.3 Å². The minimum Gasteiger partial charge on any atom is -0.376 e. The molecule has 2 fully saturated rings. The van der Waals surface area contributed by atoms with Crippen LogP contribution in [0.25, 0.3) is 0 Å². The van der Waals surface area contributed by atoms with E-state index in [2.05, 4.69) is 10.6 Å². The Morgan fingerprint density at radius 3 is 3.00 bits per heavy atom. The zero-order valence-corrected chi connectivity index (χ0v) is 9.87. The molecule has 1 heterocycles. The number of morpholine rings is 1. The van der Waals surface area contributed by atoms with Crippen LogP contribution in [-0.2, 0) is 4.74 Å². The number of carbonyl (C=O) groups is 1. The molecule has 1 saturated heterocycles. The third-order valence-corrected chi connectivity index (χ3v) is 3.04. The molecular weight excluding hydrogens is 206 g/mol. The van der Waals surface area contributed by atoms with Crippen LogP contribution in [0.2, 0.25) is 0 Å². The van der Waals surface area contributed by atoms with E-state index in [1.807, 2.05) is 7.05 Å². The predicted octanol–water partition coefficient (Wildman–Crippen LogP) is 0.169. The van der Waals surface area contributed by atoms with Crippen molar-refractivity contribution in [3.63, 3.8) is 0 Å². The van der Waals surface area contributed by atoms with Gasteiger partial charge in [0.25, 0.3) is 0 Å². The lowest BCUT2D eigenvalue weighted by Crippen LogP contribution is -2.43. The molecular formula is C11H21N3O2. The van der Waals surface area contributed by atoms with Gasteiger partial charge in [-0.25, -0.2) is 4.79 Å². The summed E-state index contributed by atoms with van der Waals surface area (Å²) in [6, 6.07) is 0.480. The van der Waals surface area contributed by atoms with E-state index in [1.165, 1.54) is 0 Å². The van der Waals surface area contributed by atoms with Crippen molar-refractivity contribution in [2.24, 2.45) is 0 Å². The third kappa shape index (κ3) is 3.64. The zero-order valence-electron chi connectivity index (χ0n) is 9.87. The van der Waals surface area contributed by atoms with Crippen LogP contribution < -0.4 is 10.6 Å². The van der Waals surface area contributed by atoms with Crippen LogP contribution in [-0.4, -0.2) is 56.4 Å². The maximum atomic E-state index is 11.6. The first-order valence-electron chi connectivity index (χ1n) is 6.09. The van der Waals surface area contributed by atoms with Crippen LogP contribution in [0, 0.1) is 0 Å². The summed E-state index contributed by atoms with van der Waals surface area (Å²) in [6.07, 6.45) is 3.43. The molecule has 0 spiro atoms. The molecule has 2 rings (SSSR count). The molecule has 2 N–H and O–H groups in total. The summed E-state index contributed by atoms with van der Waals surface area (Å²) in [5.74, 6) is 0. The molecule has 16 heavy (non-hydrogen) atoms. The molecule has 1 atom stereocenters. The summed E-state index contributed by atoms with van der Waals surface area (Å²) in [6.45, 7) is 3.38. The van der Waals surface area contributed by atoms with Gasteiger partial charge in [-0.3, -0.25) is 0 Å². The van der Waals surface area contributed by atoms with Gasteiger partial charge in [-0.1, -0.05) is 0 Å². The Bertz CT molecular complexity index is 237. The van der Waals surface area contributed by atoms with E-state index in [0.717, 1.165) is 45.5 Å². The maximum Gasteiger partial charge on any atom is 0.317 e. The van der Waals surface area contributed by atoms with E-state index in [4.69, 9.17) is 4.74 Å². The van der Waals surface area contributed by atoms with Gasteiger partial charge in [-0.15, -0.1) is 0 Å². The van der Waals surface area contributed by atoms with Gasteiger partial charge in [0.05, 0.1) is 12.7 Å². The molecule has 5 heteroatoms. The number of urea groups is 1. The van der Waals surface area contributed by atoms with Gasteiger partial charge in [0, 0.05) is 32.7 Å². The second-order valence-electron chi connectivity index (χ2n) is 4.63. The molecule has 1 unspecified atom stereocenters. The Morgan fingerprint density at radius 1 is 1.56 bits per heavy atom. The fourth-order valence-electron chi connectivity index (χ4n) is 1.76. The molecule has 1 aliphatic heterocycles. The SMILES string of the molecule is CN(CCC1CNCCO1)C(=O)NC1CC1. The van der Waals surface area contributed by atoms with E-state index in [-0.39, 0.29) is 12.1 Å². The summed E-state index contributed by atoms with van der Waals surface area (Å²) >= 11 is 0. The van der Waals surface area contributed by atoms with Crippen molar-refractivity contribution in [1.82, 2.24) is 15.5 Å². The van der Waals surface area contributed by atoms with Crippen LogP contribution in [0.1, 0.15) is 19.3 Å². The number of hydrogen-bond donors (Lipinski definition) is 2. The van der Waals surface area contributed by atoms with E-state index in [9.17, 15) is 4.79 Å². The standard InChI is InChI=1S/C11H21N3O2/c1-14(11(15)13-9-2-3-9)6-4-10-8-12-5-7-16-10/h9-10,12H,2-8H2,1H3,(H,13,15). The lowest BCUT2D eigenvalue weighted by Gasteiger charge is -2.26. The van der Waals surface area contributed by atoms with E-state index >= 15 is 0 Å². The van der Waals surface area contributed by atoms with Gasteiger partial charge >= 0.3 is 6.03 Å². The van der Waals surface area contributed by atoms with Crippen molar-refractivity contribution in [2.75, 3.05) is 33.3 Å². The van der Waals surface area contributed by atoms with Crippen molar-refractivity contribution < 1.29 is 9.53 Å². The molecule has 0 aromatic heterocycles. The van der Waals surface area contributed by atoms with E-state index in [1.54, 1.807) is 4.90 Å². The number of rotatable bonds is 4. The van der Waals surface area contributed by atoms with Gasteiger partial charge in [-0.2, -0.15) is 0 Å². The van der Waals surface area contributed by atoms with Crippen LogP contribution in [0.3, 0.4) is 0 Å². The molecule has 2 amide bonds. The predicted molar refractivity (Wildman–Crippen MR) is 61.4 cm³/mol. The zero-order chi connectivity index (χ0) is 11.4. The summed E-state index contributed by atoms with van der Waals surface area (Å²) < 4.78 is 5.58. The van der Waals surface area contributed by atoms with Gasteiger partial charge in [0.1, 0.15) is 0 Å². The largest absolute Gasteiger partial charge is 0.376 e. The van der Waals surface area contributed by atoms with Crippen molar-refractivity contribution in [3.05, 3.63) is 0 Å². The lowest BCUT2D eigenvalue weighted by molar-refractivity contribution is 0.0203. The van der Waals surface area contributed by atoms with E-state index < -0.39 is 0 Å². The average molecular weight is 227 g/mol. The van der Waals surface area contributed by atoms with Crippen molar-refractivity contribution in [2.45, 2.75) is 31.4 Å². The number of amides is 2. The highest BCUT2D eigenvalue weighted by atomic mass is 16.5. The number of ether oxygens (including phenoxy) is 1. The van der Waals surface area contributed by atoms with Gasteiger partial charge in [-0.05, 0) is 19.3 Å². The van der Waals surface area contributed by atoms with Crippen molar-refractivity contribution >= 4 is 6.03 Å². The fraction of sp³-hybridized carbons (Fsp3) is 0.909. The van der Waals surface area contributed by atoms with Crippen LogP contribution >= 0.6 is 0 Å². The monoisotopic (exact) mass is 227 g/mol. The first-order chi connectivity index (χ1) is 7.75. The summed E-state index contributed by atoms with van der Waals surface area (Å²) in [5, 5.41) is 6.26. The first-order valence-corrected chi connectivity index (χ1v) is 6.09. The second kappa shape index (κ2) is 5.50. The van der Waals surface area contributed by atoms with Crippen molar-refractivity contribution in [1.29, 1.82) is 0 Å². The van der Waals surface area contributed by atoms with Crippen LogP contribution in [0.5, 0.6) is 0 Å². The topological polar surface area (TPSA) is 53.6 Å². The average Bonchev–Trinajstić information content (AvgIpc) is 3.11. The quantitative estimate of drug-likeness (QED) is 0.720. The molecule has 0 radical (unpaired) electrons. The smallest absolute Gasteiger partial charge is 0.317 e. The van der Waals surface area contributed by atoms with Crippen LogP contribution in [0.15, 0.2) is 0 Å². The molecule has 1 aliphatic carbocycles. The Morgan fingerprint density at radius 2 is 2.38 bits per heavy atom. The molecule has 1 saturated carbocycles. The maximum absolute atomic E-state index is 11.6. The normalized spacial score (nSPS) is 25.2. The minimum atomic E-state index is 0.0475. The van der Waals surface area contributed by atoms with E-state index in [0.29, 0.717) is 6.04 Å². The summed E-state index contributed by atoms with van der Waals surface area (Å²) in [7, 11) is 1.84. The minimum absolute atomic E-state index is 0.0475. The number of hydrogen-bond acceptors (Lipinski definition) is 3. The molecule has 0 bridgehead atoms. The Balaban J connectivity index is 1.61. The summed E-state index contributed by atoms with van der Waals surface area (Å²) in [4.78, 5) is 13.4. The Hall–Kier alpha value is -0.810. The second-order valence-corrected chi connectivity index (χ2v) is 4.63. The molecule has 2 aliphatic rings. The highest BCUT2D eigenvalue weighted by Gasteiger charge is 2.25. The molecule has 0 aromatic rings. The molecule has 92 valence electrons. The highest BCUT2D eigenvalue weighted by molar-refractivity contribution is 5.74. The Labute approximate surface area is 96.5 Å². The highest BCUT2D eigenvalue weighted by Crippen LogP contribution is 2.18. The van der Waals surface area contributed by atoms with Gasteiger partial charge in [0.15, 0.2) is 0 Å².